The van der Waals surface area contributed by atoms with E-state index in [1.165, 1.54) is 24.0 Å². The lowest BCUT2D eigenvalue weighted by Gasteiger charge is -2.17. The van der Waals surface area contributed by atoms with Crippen LogP contribution in [-0.2, 0) is 13.0 Å². The van der Waals surface area contributed by atoms with E-state index in [1.54, 1.807) is 0 Å². The van der Waals surface area contributed by atoms with Crippen LogP contribution in [0, 0.1) is 5.92 Å². The zero-order valence-electron chi connectivity index (χ0n) is 13.1. The highest BCUT2D eigenvalue weighted by Gasteiger charge is 2.22. The van der Waals surface area contributed by atoms with Gasteiger partial charge in [0.15, 0.2) is 0 Å². The number of hydrogen-bond acceptors (Lipinski definition) is 3. The van der Waals surface area contributed by atoms with E-state index in [0.717, 1.165) is 37.7 Å². The number of hydrogen-bond donors (Lipinski definition) is 1. The molecule has 1 unspecified atom stereocenters. The summed E-state index contributed by atoms with van der Waals surface area (Å²) in [6, 6.07) is 6.77. The van der Waals surface area contributed by atoms with Crippen molar-refractivity contribution in [2.24, 2.45) is 11.7 Å². The molecule has 3 nitrogen and oxygen atoms in total. The van der Waals surface area contributed by atoms with E-state index in [2.05, 4.69) is 44.1 Å². The number of nitrogens with two attached hydrogens (primary N) is 1. The Morgan fingerprint density at radius 1 is 1.35 bits per heavy atom. The monoisotopic (exact) mass is 276 g/mol. The Morgan fingerprint density at radius 2 is 2.10 bits per heavy atom. The van der Waals surface area contributed by atoms with Crippen molar-refractivity contribution in [2.75, 3.05) is 20.7 Å². The van der Waals surface area contributed by atoms with Gasteiger partial charge in [-0.2, -0.15) is 0 Å². The highest BCUT2D eigenvalue weighted by atomic mass is 16.5. The van der Waals surface area contributed by atoms with Crippen molar-refractivity contribution >= 4 is 0 Å². The summed E-state index contributed by atoms with van der Waals surface area (Å²) >= 11 is 0. The topological polar surface area (TPSA) is 38.5 Å². The Bertz CT molecular complexity index is 427. The van der Waals surface area contributed by atoms with Gasteiger partial charge >= 0.3 is 0 Å². The van der Waals surface area contributed by atoms with Crippen molar-refractivity contribution in [2.45, 2.75) is 45.2 Å². The molecule has 0 amide bonds. The first-order valence-electron chi connectivity index (χ1n) is 7.73. The summed E-state index contributed by atoms with van der Waals surface area (Å²) < 4.78 is 6.00. The molecule has 1 aromatic carbocycles. The summed E-state index contributed by atoms with van der Waals surface area (Å²) in [5.74, 6) is 1.81. The molecule has 1 aromatic rings. The van der Waals surface area contributed by atoms with Gasteiger partial charge in [0, 0.05) is 12.6 Å². The molecule has 2 rings (SSSR count). The summed E-state index contributed by atoms with van der Waals surface area (Å²) in [7, 11) is 4.18. The summed E-state index contributed by atoms with van der Waals surface area (Å²) in [6.07, 6.45) is 4.54. The van der Waals surface area contributed by atoms with Crippen molar-refractivity contribution < 1.29 is 4.74 Å². The van der Waals surface area contributed by atoms with Gasteiger partial charge in [-0.05, 0) is 62.9 Å². The second-order valence-corrected chi connectivity index (χ2v) is 6.31. The van der Waals surface area contributed by atoms with Crippen LogP contribution in [0.4, 0.5) is 0 Å². The van der Waals surface area contributed by atoms with Crippen LogP contribution in [0.5, 0.6) is 5.75 Å². The van der Waals surface area contributed by atoms with Gasteiger partial charge in [0.1, 0.15) is 5.75 Å². The van der Waals surface area contributed by atoms with Gasteiger partial charge in [-0.3, -0.25) is 0 Å². The number of benzene rings is 1. The Hall–Kier alpha value is -1.06. The summed E-state index contributed by atoms with van der Waals surface area (Å²) in [6.45, 7) is 3.96. The maximum Gasteiger partial charge on any atom is 0.122 e. The Labute approximate surface area is 123 Å². The molecule has 112 valence electrons. The highest BCUT2D eigenvalue weighted by Crippen LogP contribution is 2.31. The molecule has 0 saturated heterocycles. The summed E-state index contributed by atoms with van der Waals surface area (Å²) in [5, 5.41) is 0. The Balaban J connectivity index is 2.10. The first-order valence-corrected chi connectivity index (χ1v) is 7.73. The van der Waals surface area contributed by atoms with Crippen LogP contribution < -0.4 is 10.5 Å². The van der Waals surface area contributed by atoms with Crippen molar-refractivity contribution in [1.29, 1.82) is 0 Å². The first kappa shape index (κ1) is 15.3. The fourth-order valence-corrected chi connectivity index (χ4v) is 2.32. The average Bonchev–Trinajstić information content (AvgIpc) is 3.21. The van der Waals surface area contributed by atoms with E-state index in [0.29, 0.717) is 0 Å². The minimum absolute atomic E-state index is 0.216. The maximum absolute atomic E-state index is 6.13. The molecule has 3 heteroatoms. The SMILES string of the molecule is CCC(N)Cc1cc(CN(C)C)ccc1OCC1CC1. The first-order chi connectivity index (χ1) is 9.58. The number of rotatable bonds is 8. The van der Waals surface area contributed by atoms with E-state index >= 15 is 0 Å². The van der Waals surface area contributed by atoms with Gasteiger partial charge < -0.3 is 15.4 Å². The zero-order valence-corrected chi connectivity index (χ0v) is 13.1. The van der Waals surface area contributed by atoms with Crippen molar-refractivity contribution in [1.82, 2.24) is 4.90 Å². The van der Waals surface area contributed by atoms with Gasteiger partial charge in [-0.15, -0.1) is 0 Å². The van der Waals surface area contributed by atoms with Crippen LogP contribution in [0.3, 0.4) is 0 Å². The zero-order chi connectivity index (χ0) is 14.5. The van der Waals surface area contributed by atoms with Crippen LogP contribution in [0.1, 0.15) is 37.3 Å². The van der Waals surface area contributed by atoms with Gasteiger partial charge in [0.2, 0.25) is 0 Å². The molecule has 20 heavy (non-hydrogen) atoms. The molecule has 1 aliphatic rings. The predicted molar refractivity (Wildman–Crippen MR) is 84.0 cm³/mol. The fraction of sp³-hybridized carbons (Fsp3) is 0.647. The Kier molecular flexibility index (Phi) is 5.44. The molecular weight excluding hydrogens is 248 g/mol. The van der Waals surface area contributed by atoms with Gasteiger partial charge in [-0.1, -0.05) is 19.1 Å². The van der Waals surface area contributed by atoms with Crippen LogP contribution >= 0.6 is 0 Å². The summed E-state index contributed by atoms with van der Waals surface area (Å²) in [5.41, 5.74) is 8.72. The standard InChI is InChI=1S/C17H28N2O/c1-4-16(18)10-15-9-14(11-19(2)3)7-8-17(15)20-12-13-5-6-13/h7-9,13,16H,4-6,10-12,18H2,1-3H3. The number of nitrogens with zero attached hydrogens (tertiary/aromatic N) is 1. The van der Waals surface area contributed by atoms with Gasteiger partial charge in [-0.25, -0.2) is 0 Å². The Morgan fingerprint density at radius 3 is 2.70 bits per heavy atom. The van der Waals surface area contributed by atoms with Crippen LogP contribution in [0.15, 0.2) is 18.2 Å². The largest absolute Gasteiger partial charge is 0.493 e. The van der Waals surface area contributed by atoms with Crippen molar-refractivity contribution in [3.05, 3.63) is 29.3 Å². The van der Waals surface area contributed by atoms with Crippen molar-refractivity contribution in [3.8, 4) is 5.75 Å². The molecule has 1 fully saturated rings. The van der Waals surface area contributed by atoms with E-state index < -0.39 is 0 Å². The smallest absolute Gasteiger partial charge is 0.122 e. The molecule has 0 radical (unpaired) electrons. The lowest BCUT2D eigenvalue weighted by molar-refractivity contribution is 0.295. The lowest BCUT2D eigenvalue weighted by Crippen LogP contribution is -2.22. The third kappa shape index (κ3) is 4.80. The fourth-order valence-electron chi connectivity index (χ4n) is 2.32. The second kappa shape index (κ2) is 7.09. The van der Waals surface area contributed by atoms with E-state index in [4.69, 9.17) is 10.5 Å². The molecule has 0 heterocycles. The van der Waals surface area contributed by atoms with Crippen LogP contribution in [-0.4, -0.2) is 31.6 Å². The third-order valence-corrected chi connectivity index (χ3v) is 3.80. The lowest BCUT2D eigenvalue weighted by atomic mass is 10.0. The van der Waals surface area contributed by atoms with Gasteiger partial charge in [0.25, 0.3) is 0 Å². The predicted octanol–water partition coefficient (Wildman–Crippen LogP) is 2.82. The third-order valence-electron chi connectivity index (χ3n) is 3.80. The second-order valence-electron chi connectivity index (χ2n) is 6.31. The van der Waals surface area contributed by atoms with Crippen LogP contribution in [0.2, 0.25) is 0 Å². The summed E-state index contributed by atoms with van der Waals surface area (Å²) in [4.78, 5) is 2.18. The number of ether oxygens (including phenoxy) is 1. The highest BCUT2D eigenvalue weighted by molar-refractivity contribution is 5.38. The molecular formula is C17H28N2O. The maximum atomic E-state index is 6.13. The van der Waals surface area contributed by atoms with E-state index in [-0.39, 0.29) is 6.04 Å². The minimum atomic E-state index is 0.216. The van der Waals surface area contributed by atoms with E-state index in [1.807, 2.05) is 0 Å². The molecule has 0 spiro atoms. The van der Waals surface area contributed by atoms with Crippen LogP contribution in [0.25, 0.3) is 0 Å². The molecule has 0 bridgehead atoms. The minimum Gasteiger partial charge on any atom is -0.493 e. The molecule has 1 atom stereocenters. The molecule has 1 saturated carbocycles. The molecule has 0 aliphatic heterocycles. The molecule has 0 aromatic heterocycles. The normalized spacial score (nSPS) is 16.4. The quantitative estimate of drug-likeness (QED) is 0.793. The molecule has 2 N–H and O–H groups in total. The average molecular weight is 276 g/mol. The van der Waals surface area contributed by atoms with Crippen molar-refractivity contribution in [3.63, 3.8) is 0 Å². The van der Waals surface area contributed by atoms with Gasteiger partial charge in [0.05, 0.1) is 6.61 Å². The molecule has 1 aliphatic carbocycles. The van der Waals surface area contributed by atoms with E-state index in [9.17, 15) is 0 Å².